The number of amides is 2. The van der Waals surface area contributed by atoms with Gasteiger partial charge < -0.3 is 10.1 Å². The summed E-state index contributed by atoms with van der Waals surface area (Å²) >= 11 is 0. The van der Waals surface area contributed by atoms with Crippen LogP contribution in [0.3, 0.4) is 0 Å². The Kier molecular flexibility index (Phi) is 4.51. The van der Waals surface area contributed by atoms with Crippen LogP contribution in [-0.2, 0) is 6.54 Å². The topological polar surface area (TPSA) is 81.1 Å². The summed E-state index contributed by atoms with van der Waals surface area (Å²) in [6.45, 7) is 1.07. The fourth-order valence-corrected chi connectivity index (χ4v) is 3.01. The van der Waals surface area contributed by atoms with Crippen molar-refractivity contribution in [1.29, 1.82) is 0 Å². The summed E-state index contributed by atoms with van der Waals surface area (Å²) in [5.74, 6) is 1.44. The molecular formula is C19H19N5O2. The molecule has 1 aliphatic heterocycles. The van der Waals surface area contributed by atoms with Crippen molar-refractivity contribution < 1.29 is 9.53 Å². The Hall–Kier alpha value is -3.35. The number of nitrogens with zero attached hydrogens (tertiary/aromatic N) is 3. The summed E-state index contributed by atoms with van der Waals surface area (Å²) in [6.07, 6.45) is 4.13. The molecule has 0 saturated heterocycles. The van der Waals surface area contributed by atoms with Crippen LogP contribution in [0.4, 0.5) is 10.6 Å². The number of pyridine rings is 1. The second-order valence-electron chi connectivity index (χ2n) is 6.02. The summed E-state index contributed by atoms with van der Waals surface area (Å²) < 4.78 is 7.34. The number of anilines is 1. The first-order valence-electron chi connectivity index (χ1n) is 8.50. The van der Waals surface area contributed by atoms with Gasteiger partial charge in [-0.15, -0.1) is 0 Å². The third kappa shape index (κ3) is 3.51. The van der Waals surface area contributed by atoms with Crippen LogP contribution in [-0.4, -0.2) is 27.4 Å². The Balaban J connectivity index is 1.43. The first-order valence-corrected chi connectivity index (χ1v) is 8.50. The zero-order valence-corrected chi connectivity index (χ0v) is 14.1. The van der Waals surface area contributed by atoms with Crippen molar-refractivity contribution in [3.05, 3.63) is 72.2 Å². The molecule has 0 bridgehead atoms. The molecule has 1 aromatic carbocycles. The SMILES string of the molecule is O=C(Nc1ccnn1Cc1ccccn1)N[C@H]1CCOc2ccccc21. The van der Waals surface area contributed by atoms with E-state index in [-0.39, 0.29) is 12.1 Å². The molecule has 2 aromatic heterocycles. The zero-order valence-electron chi connectivity index (χ0n) is 14.1. The van der Waals surface area contributed by atoms with Crippen LogP contribution in [0.15, 0.2) is 60.9 Å². The van der Waals surface area contributed by atoms with Crippen molar-refractivity contribution >= 4 is 11.8 Å². The van der Waals surface area contributed by atoms with E-state index in [0.29, 0.717) is 19.0 Å². The van der Waals surface area contributed by atoms with Crippen molar-refractivity contribution in [3.63, 3.8) is 0 Å². The van der Waals surface area contributed by atoms with E-state index in [4.69, 9.17) is 4.74 Å². The lowest BCUT2D eigenvalue weighted by molar-refractivity contribution is 0.232. The smallest absolute Gasteiger partial charge is 0.320 e. The molecule has 1 aliphatic rings. The predicted octanol–water partition coefficient (Wildman–Crippen LogP) is 2.97. The number of fused-ring (bicyclic) bond motifs is 1. The maximum atomic E-state index is 12.5. The first kappa shape index (κ1) is 16.1. The number of benzene rings is 1. The molecule has 4 rings (SSSR count). The average molecular weight is 349 g/mol. The molecule has 0 aliphatic carbocycles. The van der Waals surface area contributed by atoms with Crippen molar-refractivity contribution in [2.75, 3.05) is 11.9 Å². The highest BCUT2D eigenvalue weighted by Gasteiger charge is 2.22. The number of nitrogens with one attached hydrogen (secondary N) is 2. The van der Waals surface area contributed by atoms with E-state index in [2.05, 4.69) is 20.7 Å². The largest absolute Gasteiger partial charge is 0.493 e. The van der Waals surface area contributed by atoms with Crippen molar-refractivity contribution in [2.45, 2.75) is 19.0 Å². The maximum absolute atomic E-state index is 12.5. The number of para-hydroxylation sites is 1. The molecule has 3 aromatic rings. The number of hydrogen-bond acceptors (Lipinski definition) is 4. The van der Waals surface area contributed by atoms with Crippen molar-refractivity contribution in [2.24, 2.45) is 0 Å². The Morgan fingerprint density at radius 3 is 2.92 bits per heavy atom. The van der Waals surface area contributed by atoms with Crippen LogP contribution in [0, 0.1) is 0 Å². The summed E-state index contributed by atoms with van der Waals surface area (Å²) in [6, 6.07) is 14.9. The Morgan fingerprint density at radius 1 is 1.15 bits per heavy atom. The standard InChI is InChI=1S/C19H19N5O2/c25-19(22-16-9-12-26-17-7-2-1-6-15(16)17)23-18-8-11-21-24(18)13-14-5-3-4-10-20-14/h1-8,10-11,16H,9,12-13H2,(H2,22,23,25)/t16-/m0/s1. The van der Waals surface area contributed by atoms with Gasteiger partial charge in [0.2, 0.25) is 0 Å². The highest BCUT2D eigenvalue weighted by atomic mass is 16.5. The number of carbonyl (C=O) groups excluding carboxylic acids is 1. The number of carbonyl (C=O) groups is 1. The van der Waals surface area contributed by atoms with E-state index in [0.717, 1.165) is 23.4 Å². The molecule has 7 heteroatoms. The van der Waals surface area contributed by atoms with Gasteiger partial charge in [0.05, 0.1) is 31.1 Å². The summed E-state index contributed by atoms with van der Waals surface area (Å²) in [5, 5.41) is 10.1. The molecule has 0 fully saturated rings. The molecule has 0 radical (unpaired) electrons. The molecule has 132 valence electrons. The minimum atomic E-state index is -0.269. The predicted molar refractivity (Wildman–Crippen MR) is 97.0 cm³/mol. The van der Waals surface area contributed by atoms with Gasteiger partial charge in [-0.25, -0.2) is 9.48 Å². The molecule has 0 unspecified atom stereocenters. The van der Waals surface area contributed by atoms with E-state index in [1.165, 1.54) is 0 Å². The molecule has 7 nitrogen and oxygen atoms in total. The molecule has 2 amide bonds. The van der Waals surface area contributed by atoms with Crippen molar-refractivity contribution in [1.82, 2.24) is 20.1 Å². The number of urea groups is 1. The minimum absolute atomic E-state index is 0.0767. The lowest BCUT2D eigenvalue weighted by atomic mass is 10.0. The summed E-state index contributed by atoms with van der Waals surface area (Å²) in [4.78, 5) is 16.8. The molecule has 26 heavy (non-hydrogen) atoms. The van der Waals surface area contributed by atoms with Gasteiger partial charge in [-0.2, -0.15) is 5.10 Å². The van der Waals surface area contributed by atoms with E-state index < -0.39 is 0 Å². The van der Waals surface area contributed by atoms with Crippen molar-refractivity contribution in [3.8, 4) is 5.75 Å². The first-order chi connectivity index (χ1) is 12.8. The maximum Gasteiger partial charge on any atom is 0.320 e. The van der Waals surface area contributed by atoms with Gasteiger partial charge >= 0.3 is 6.03 Å². The summed E-state index contributed by atoms with van der Waals surface area (Å²) in [7, 11) is 0. The third-order valence-corrected chi connectivity index (χ3v) is 4.26. The molecule has 0 spiro atoms. The van der Waals surface area contributed by atoms with Gasteiger partial charge in [0, 0.05) is 24.2 Å². The van der Waals surface area contributed by atoms with Gasteiger partial charge in [-0.05, 0) is 18.2 Å². The lowest BCUT2D eigenvalue weighted by Crippen LogP contribution is -2.35. The Morgan fingerprint density at radius 2 is 2.04 bits per heavy atom. The second-order valence-corrected chi connectivity index (χ2v) is 6.02. The number of rotatable bonds is 4. The van der Waals surface area contributed by atoms with Gasteiger partial charge in [-0.3, -0.25) is 10.3 Å². The van der Waals surface area contributed by atoms with Gasteiger partial charge in [0.1, 0.15) is 11.6 Å². The van der Waals surface area contributed by atoms with E-state index in [9.17, 15) is 4.79 Å². The van der Waals surface area contributed by atoms with E-state index in [1.54, 1.807) is 23.1 Å². The fraction of sp³-hybridized carbons (Fsp3) is 0.211. The van der Waals surface area contributed by atoms with E-state index in [1.807, 2.05) is 42.5 Å². The van der Waals surface area contributed by atoms with Gasteiger partial charge in [0.15, 0.2) is 0 Å². The lowest BCUT2D eigenvalue weighted by Gasteiger charge is -2.26. The van der Waals surface area contributed by atoms with Crippen LogP contribution in [0.2, 0.25) is 0 Å². The number of aromatic nitrogens is 3. The summed E-state index contributed by atoms with van der Waals surface area (Å²) in [5.41, 5.74) is 1.87. The average Bonchev–Trinajstić information content (AvgIpc) is 3.09. The monoisotopic (exact) mass is 349 g/mol. The quantitative estimate of drug-likeness (QED) is 0.759. The van der Waals surface area contributed by atoms with Crippen LogP contribution in [0.1, 0.15) is 23.7 Å². The van der Waals surface area contributed by atoms with Crippen LogP contribution < -0.4 is 15.4 Å². The molecular weight excluding hydrogens is 330 g/mol. The number of hydrogen-bond donors (Lipinski definition) is 2. The van der Waals surface area contributed by atoms with Crippen LogP contribution in [0.25, 0.3) is 0 Å². The molecule has 3 heterocycles. The zero-order chi connectivity index (χ0) is 17.8. The highest BCUT2D eigenvalue weighted by molar-refractivity contribution is 5.88. The third-order valence-electron chi connectivity index (χ3n) is 4.26. The molecule has 0 saturated carbocycles. The fourth-order valence-electron chi connectivity index (χ4n) is 3.01. The Labute approximate surface area is 151 Å². The second kappa shape index (κ2) is 7.26. The number of ether oxygens (including phenoxy) is 1. The van der Waals surface area contributed by atoms with Gasteiger partial charge in [-0.1, -0.05) is 24.3 Å². The highest BCUT2D eigenvalue weighted by Crippen LogP contribution is 2.31. The minimum Gasteiger partial charge on any atom is -0.493 e. The molecule has 1 atom stereocenters. The van der Waals surface area contributed by atoms with E-state index >= 15 is 0 Å². The van der Waals surface area contributed by atoms with Crippen LogP contribution >= 0.6 is 0 Å². The van der Waals surface area contributed by atoms with Crippen LogP contribution in [0.5, 0.6) is 5.75 Å². The van der Waals surface area contributed by atoms with Gasteiger partial charge in [0.25, 0.3) is 0 Å². The normalized spacial score (nSPS) is 15.6. The Bertz CT molecular complexity index is 894. The molecule has 2 N–H and O–H groups in total.